The molecule has 0 aliphatic heterocycles. The topological polar surface area (TPSA) is 55.6 Å². The fourth-order valence-corrected chi connectivity index (χ4v) is 1.41. The first-order valence-electron chi connectivity index (χ1n) is 5.31. The minimum Gasteiger partial charge on any atom is -0.452 e. The lowest BCUT2D eigenvalue weighted by Crippen LogP contribution is -2.32. The Balaban J connectivity index is 2.82. The molecule has 1 amide bonds. The van der Waals surface area contributed by atoms with E-state index in [1.165, 1.54) is 7.11 Å². The second kappa shape index (κ2) is 6.12. The zero-order valence-corrected chi connectivity index (χ0v) is 9.77. The van der Waals surface area contributed by atoms with Crippen LogP contribution < -0.4 is 10.6 Å². The second-order valence-electron chi connectivity index (χ2n) is 3.60. The molecule has 2 N–H and O–H groups in total. The zero-order chi connectivity index (χ0) is 12.0. The van der Waals surface area contributed by atoms with E-state index in [-0.39, 0.29) is 6.09 Å². The van der Waals surface area contributed by atoms with Gasteiger partial charge >= 0.3 is 6.09 Å². The normalized spacial score (nSPS) is 9.94. The zero-order valence-electron chi connectivity index (χ0n) is 9.77. The van der Waals surface area contributed by atoms with Gasteiger partial charge in [-0.2, -0.15) is 0 Å². The summed E-state index contributed by atoms with van der Waals surface area (Å²) in [6.07, 6.45) is 0.403. The van der Waals surface area contributed by atoms with Crippen LogP contribution in [0.5, 0.6) is 0 Å². The highest BCUT2D eigenvalue weighted by Crippen LogP contribution is 2.16. The van der Waals surface area contributed by atoms with Gasteiger partial charge in [0.15, 0.2) is 0 Å². The monoisotopic (exact) mass is 222 g/mol. The smallest absolute Gasteiger partial charge is 0.413 e. The van der Waals surface area contributed by atoms with E-state index in [4.69, 9.17) is 10.5 Å². The van der Waals surface area contributed by atoms with Crippen molar-refractivity contribution < 1.29 is 9.53 Å². The molecule has 0 aromatic heterocycles. The Morgan fingerprint density at radius 2 is 2.00 bits per heavy atom. The highest BCUT2D eigenvalue weighted by Gasteiger charge is 2.14. The predicted octanol–water partition coefficient (Wildman–Crippen LogP) is 1.92. The molecule has 0 bridgehead atoms. The van der Waals surface area contributed by atoms with E-state index in [1.54, 1.807) is 4.90 Å². The third-order valence-electron chi connectivity index (χ3n) is 2.33. The lowest BCUT2D eigenvalue weighted by atomic mass is 10.2. The number of carbonyl (C=O) groups is 1. The number of aryl methyl sites for hydroxylation is 1. The molecule has 0 fully saturated rings. The van der Waals surface area contributed by atoms with Crippen molar-refractivity contribution in [1.29, 1.82) is 0 Å². The van der Waals surface area contributed by atoms with Crippen LogP contribution in [0.25, 0.3) is 0 Å². The first-order valence-corrected chi connectivity index (χ1v) is 5.31. The van der Waals surface area contributed by atoms with E-state index in [0.717, 1.165) is 17.7 Å². The number of amides is 1. The van der Waals surface area contributed by atoms with E-state index in [2.05, 4.69) is 0 Å². The van der Waals surface area contributed by atoms with Crippen molar-refractivity contribution >= 4 is 11.8 Å². The number of rotatable bonds is 4. The van der Waals surface area contributed by atoms with E-state index in [0.29, 0.717) is 13.1 Å². The van der Waals surface area contributed by atoms with Gasteiger partial charge in [0, 0.05) is 12.2 Å². The maximum atomic E-state index is 11.6. The number of hydrogen-bond donors (Lipinski definition) is 1. The molecule has 0 spiro atoms. The molecule has 4 heteroatoms. The highest BCUT2D eigenvalue weighted by atomic mass is 16.5. The van der Waals surface area contributed by atoms with Gasteiger partial charge in [0.2, 0.25) is 0 Å². The molecule has 1 aromatic rings. The lowest BCUT2D eigenvalue weighted by Gasteiger charge is -2.21. The summed E-state index contributed by atoms with van der Waals surface area (Å²) >= 11 is 0. The summed E-state index contributed by atoms with van der Waals surface area (Å²) < 4.78 is 4.74. The molecule has 0 saturated heterocycles. The fraction of sp³-hybridized carbons (Fsp3) is 0.417. The van der Waals surface area contributed by atoms with Crippen LogP contribution >= 0.6 is 0 Å². The molecule has 0 heterocycles. The molecular formula is C12H18N2O2. The average molecular weight is 222 g/mol. The standard InChI is InChI=1S/C12H18N2O2/c1-10-4-6-11(7-5-10)14(9-3-8-13)12(15)16-2/h4-7H,3,8-9,13H2,1-2H3. The average Bonchev–Trinajstić information content (AvgIpc) is 2.31. The number of nitrogens with zero attached hydrogens (tertiary/aromatic N) is 1. The Labute approximate surface area is 96.0 Å². The molecule has 0 aliphatic rings. The van der Waals surface area contributed by atoms with Crippen molar-refractivity contribution in [2.75, 3.05) is 25.1 Å². The van der Waals surface area contributed by atoms with Crippen LogP contribution in [0, 0.1) is 6.92 Å². The van der Waals surface area contributed by atoms with Crippen molar-refractivity contribution in [3.63, 3.8) is 0 Å². The Bertz CT molecular complexity index is 335. The van der Waals surface area contributed by atoms with Crippen LogP contribution in [-0.4, -0.2) is 26.3 Å². The minimum absolute atomic E-state index is 0.350. The van der Waals surface area contributed by atoms with Gasteiger partial charge in [-0.15, -0.1) is 0 Å². The van der Waals surface area contributed by atoms with Gasteiger partial charge in [-0.25, -0.2) is 4.79 Å². The van der Waals surface area contributed by atoms with Crippen LogP contribution in [-0.2, 0) is 4.74 Å². The molecule has 0 atom stereocenters. The van der Waals surface area contributed by atoms with Crippen LogP contribution in [0.15, 0.2) is 24.3 Å². The summed E-state index contributed by atoms with van der Waals surface area (Å²) in [6.45, 7) is 3.14. The first-order chi connectivity index (χ1) is 7.69. The van der Waals surface area contributed by atoms with Gasteiger partial charge in [-0.1, -0.05) is 17.7 Å². The summed E-state index contributed by atoms with van der Waals surface area (Å²) in [5.74, 6) is 0. The Hall–Kier alpha value is -1.55. The summed E-state index contributed by atoms with van der Waals surface area (Å²) in [7, 11) is 1.38. The number of ether oxygens (including phenoxy) is 1. The molecule has 0 radical (unpaired) electrons. The number of carbonyl (C=O) groups excluding carboxylic acids is 1. The first kappa shape index (κ1) is 12.5. The van der Waals surface area contributed by atoms with Crippen molar-refractivity contribution in [2.45, 2.75) is 13.3 Å². The highest BCUT2D eigenvalue weighted by molar-refractivity contribution is 5.87. The summed E-state index contributed by atoms with van der Waals surface area (Å²) in [6, 6.07) is 7.74. The molecule has 0 unspecified atom stereocenters. The third kappa shape index (κ3) is 3.24. The van der Waals surface area contributed by atoms with Gasteiger partial charge in [0.25, 0.3) is 0 Å². The molecule has 0 saturated carbocycles. The van der Waals surface area contributed by atoms with E-state index in [9.17, 15) is 4.79 Å². The van der Waals surface area contributed by atoms with E-state index >= 15 is 0 Å². The van der Waals surface area contributed by atoms with Crippen molar-refractivity contribution in [3.05, 3.63) is 29.8 Å². The second-order valence-corrected chi connectivity index (χ2v) is 3.60. The molecule has 88 valence electrons. The van der Waals surface area contributed by atoms with E-state index in [1.807, 2.05) is 31.2 Å². The van der Waals surface area contributed by atoms with Gasteiger partial charge in [-0.3, -0.25) is 4.90 Å². The van der Waals surface area contributed by atoms with Crippen LogP contribution in [0.2, 0.25) is 0 Å². The van der Waals surface area contributed by atoms with Crippen LogP contribution in [0.3, 0.4) is 0 Å². The fourth-order valence-electron chi connectivity index (χ4n) is 1.41. The quantitative estimate of drug-likeness (QED) is 0.846. The summed E-state index contributed by atoms with van der Waals surface area (Å²) in [5, 5.41) is 0. The Kier molecular flexibility index (Phi) is 4.79. The molecule has 4 nitrogen and oxygen atoms in total. The number of hydrogen-bond acceptors (Lipinski definition) is 3. The molecule has 0 aliphatic carbocycles. The Morgan fingerprint density at radius 3 is 2.50 bits per heavy atom. The number of methoxy groups -OCH3 is 1. The van der Waals surface area contributed by atoms with Gasteiger partial charge in [-0.05, 0) is 32.0 Å². The summed E-state index contributed by atoms with van der Waals surface area (Å²) in [5.41, 5.74) is 7.44. The van der Waals surface area contributed by atoms with Crippen LogP contribution in [0.1, 0.15) is 12.0 Å². The van der Waals surface area contributed by atoms with Crippen LogP contribution in [0.4, 0.5) is 10.5 Å². The molecule has 1 rings (SSSR count). The van der Waals surface area contributed by atoms with E-state index < -0.39 is 0 Å². The lowest BCUT2D eigenvalue weighted by molar-refractivity contribution is 0.178. The summed E-state index contributed by atoms with van der Waals surface area (Å²) in [4.78, 5) is 13.2. The Morgan fingerprint density at radius 1 is 1.38 bits per heavy atom. The molecule has 16 heavy (non-hydrogen) atoms. The largest absolute Gasteiger partial charge is 0.452 e. The maximum Gasteiger partial charge on any atom is 0.413 e. The number of anilines is 1. The van der Waals surface area contributed by atoms with Gasteiger partial charge < -0.3 is 10.5 Å². The SMILES string of the molecule is COC(=O)N(CCCN)c1ccc(C)cc1. The van der Waals surface area contributed by atoms with Gasteiger partial charge in [0.1, 0.15) is 0 Å². The predicted molar refractivity (Wildman–Crippen MR) is 64.6 cm³/mol. The number of nitrogens with two attached hydrogens (primary N) is 1. The van der Waals surface area contributed by atoms with Gasteiger partial charge in [0.05, 0.1) is 7.11 Å². The van der Waals surface area contributed by atoms with Crippen molar-refractivity contribution in [3.8, 4) is 0 Å². The molecule has 1 aromatic carbocycles. The van der Waals surface area contributed by atoms with Crippen molar-refractivity contribution in [1.82, 2.24) is 0 Å². The maximum absolute atomic E-state index is 11.6. The minimum atomic E-state index is -0.350. The third-order valence-corrected chi connectivity index (χ3v) is 2.33. The molecular weight excluding hydrogens is 204 g/mol. The number of benzene rings is 1. The van der Waals surface area contributed by atoms with Crippen molar-refractivity contribution in [2.24, 2.45) is 5.73 Å².